The summed E-state index contributed by atoms with van der Waals surface area (Å²) in [6.45, 7) is -0.396. The summed E-state index contributed by atoms with van der Waals surface area (Å²) in [4.78, 5) is 36.6. The number of nitrogens with two attached hydrogens (primary N) is 4. The number of hydrogen-bond acceptors (Lipinski definition) is 21. The number of aliphatic hydroxyl groups is 7. The summed E-state index contributed by atoms with van der Waals surface area (Å²) in [6.07, 6.45) is -21.7. The van der Waals surface area contributed by atoms with Crippen LogP contribution in [0.3, 0.4) is 0 Å². The Morgan fingerprint density at radius 1 is 0.849 bits per heavy atom. The highest BCUT2D eigenvalue weighted by molar-refractivity contribution is 7.47. The van der Waals surface area contributed by atoms with Crippen molar-refractivity contribution in [3.63, 3.8) is 0 Å². The Morgan fingerprint density at radius 2 is 1.45 bits per heavy atom. The minimum atomic E-state index is -5.12. The molecule has 0 radical (unpaired) electrons. The van der Waals surface area contributed by atoms with E-state index >= 15 is 0 Å². The van der Waals surface area contributed by atoms with Gasteiger partial charge in [0.2, 0.25) is 0 Å². The number of H-pyrrole nitrogens is 1. The molecule has 4 aliphatic rings. The van der Waals surface area contributed by atoms with Crippen molar-refractivity contribution in [3.05, 3.63) is 32.6 Å². The molecule has 17 N–H and O–H groups in total. The number of nitrogens with one attached hydrogen (secondary N) is 1. The summed E-state index contributed by atoms with van der Waals surface area (Å²) in [7, 11) is -5.12. The van der Waals surface area contributed by atoms with Crippen molar-refractivity contribution in [2.24, 2.45) is 22.9 Å². The molecule has 25 heteroatoms. The summed E-state index contributed by atoms with van der Waals surface area (Å²) in [5, 5.41) is 73.8. The van der Waals surface area contributed by atoms with Crippen LogP contribution in [-0.4, -0.2) is 174 Å². The van der Waals surface area contributed by atoms with Crippen molar-refractivity contribution >= 4 is 7.82 Å². The van der Waals surface area contributed by atoms with Crippen molar-refractivity contribution in [2.75, 3.05) is 19.8 Å². The van der Waals surface area contributed by atoms with Gasteiger partial charge in [-0.15, -0.1) is 0 Å². The number of nitrogens with zero attached hydrogens (tertiary/aromatic N) is 1. The molecule has 1 aromatic rings. The van der Waals surface area contributed by atoms with Crippen LogP contribution in [0, 0.1) is 6.92 Å². The second-order valence-corrected chi connectivity index (χ2v) is 15.0. The lowest BCUT2D eigenvalue weighted by molar-refractivity contribution is -0.331. The van der Waals surface area contributed by atoms with Gasteiger partial charge in [0, 0.05) is 36.8 Å². The number of aromatic nitrogens is 2. The first kappa shape index (κ1) is 42.3. The van der Waals surface area contributed by atoms with Crippen molar-refractivity contribution in [1.29, 1.82) is 0 Å². The smallest absolute Gasteiger partial charge is 0.394 e. The fourth-order valence-electron chi connectivity index (χ4n) is 6.70. The van der Waals surface area contributed by atoms with E-state index in [1.54, 1.807) is 0 Å². The minimum Gasteiger partial charge on any atom is -0.394 e. The highest BCUT2D eigenvalue weighted by Crippen LogP contribution is 2.48. The maximum atomic E-state index is 13.0. The van der Waals surface area contributed by atoms with E-state index in [1.165, 1.54) is 13.1 Å². The SMILES string of the molecule is Cc1cn([C@H]2C[C@H](O)[C@@H](COP(=O)(O)O[C@H]3[C@H](O)[C@@H](O)[C@@H](O[C@H]4[C@H](O)[C@@H](O[C@H]5O[C@H](CO)[C@@H](O)[C@H](N)[C@H]5O)[C@H](N)C[C@@H]4N)O[C@@H]3CN)O2)c(=O)[nH]c1=O. The summed E-state index contributed by atoms with van der Waals surface area (Å²) in [5.41, 5.74) is 22.8. The molecule has 3 aliphatic heterocycles. The van der Waals surface area contributed by atoms with Crippen LogP contribution in [0.25, 0.3) is 0 Å². The van der Waals surface area contributed by atoms with Crippen LogP contribution in [0.2, 0.25) is 0 Å². The Kier molecular flexibility index (Phi) is 13.7. The number of aliphatic hydroxyl groups excluding tert-OH is 7. The van der Waals surface area contributed by atoms with Crippen molar-refractivity contribution < 1.29 is 77.9 Å². The third-order valence-corrected chi connectivity index (χ3v) is 10.8. The minimum absolute atomic E-state index is 0.0445. The van der Waals surface area contributed by atoms with Crippen LogP contribution < -0.4 is 34.2 Å². The van der Waals surface area contributed by atoms with Crippen molar-refractivity contribution in [3.8, 4) is 0 Å². The number of ether oxygens (including phenoxy) is 5. The molecule has 19 atom stereocenters. The first-order chi connectivity index (χ1) is 24.9. The van der Waals surface area contributed by atoms with Crippen LogP contribution in [0.5, 0.6) is 0 Å². The van der Waals surface area contributed by atoms with Gasteiger partial charge in [-0.25, -0.2) is 9.36 Å². The molecule has 24 nitrogen and oxygen atoms in total. The standard InChI is InChI=1S/C28H49N6O18P/c1-8-5-34(28(43)33-25(8)42)15-3-11(36)14(47-15)7-46-53(44,45)52-24-12(4-29)48-27(20(40)19(24)39)51-23-10(31)2-9(30)22(21(23)41)50-26-18(38)16(32)17(37)13(6-35)49-26/h5,9-24,26-27,35-41H,2-4,6-7,29-32H2,1H3,(H,44,45)(H,33,42,43)/t9-,10+,11+,12-,13-,14-,15-,16+,17-,18-,19-,20-,21-,22+,23-,24-,26-,27-/m1/s1. The lowest BCUT2D eigenvalue weighted by atomic mass is 9.84. The lowest BCUT2D eigenvalue weighted by Gasteiger charge is -2.48. The van der Waals surface area contributed by atoms with E-state index in [-0.39, 0.29) is 18.4 Å². The molecule has 0 aromatic carbocycles. The Bertz CT molecular complexity index is 1550. The van der Waals surface area contributed by atoms with Gasteiger partial charge in [0.1, 0.15) is 73.4 Å². The number of aromatic amines is 1. The monoisotopic (exact) mass is 788 g/mol. The Hall–Kier alpha value is -1.85. The predicted molar refractivity (Wildman–Crippen MR) is 173 cm³/mol. The molecule has 1 aromatic heterocycles. The molecule has 5 rings (SSSR count). The molecule has 4 fully saturated rings. The highest BCUT2D eigenvalue weighted by Gasteiger charge is 2.53. The molecule has 0 spiro atoms. The van der Waals surface area contributed by atoms with Crippen LogP contribution in [0.1, 0.15) is 24.6 Å². The highest BCUT2D eigenvalue weighted by atomic mass is 31.2. The number of aryl methyl sites for hydroxylation is 1. The Balaban J connectivity index is 1.20. The zero-order valence-corrected chi connectivity index (χ0v) is 29.3. The first-order valence-corrected chi connectivity index (χ1v) is 18.3. The molecule has 1 unspecified atom stereocenters. The van der Waals surface area contributed by atoms with Crippen LogP contribution in [-0.2, 0) is 37.3 Å². The van der Waals surface area contributed by atoms with E-state index in [1.807, 2.05) is 0 Å². The maximum absolute atomic E-state index is 13.0. The van der Waals surface area contributed by atoms with E-state index in [4.69, 9.17) is 55.7 Å². The van der Waals surface area contributed by atoms with Gasteiger partial charge in [0.05, 0.1) is 25.4 Å². The van der Waals surface area contributed by atoms with Gasteiger partial charge < -0.3 is 87.3 Å². The Morgan fingerprint density at radius 3 is 2.06 bits per heavy atom. The molecular formula is C28H49N6O18P. The maximum Gasteiger partial charge on any atom is 0.472 e. The average Bonchev–Trinajstić information content (AvgIpc) is 3.48. The molecule has 3 saturated heterocycles. The van der Waals surface area contributed by atoms with Crippen molar-refractivity contribution in [2.45, 2.75) is 130 Å². The second-order valence-electron chi connectivity index (χ2n) is 13.5. The van der Waals surface area contributed by atoms with E-state index in [0.29, 0.717) is 0 Å². The van der Waals surface area contributed by atoms with Gasteiger partial charge in [-0.3, -0.25) is 23.4 Å². The van der Waals surface area contributed by atoms with Crippen LogP contribution in [0.4, 0.5) is 0 Å². The quantitative estimate of drug-likeness (QED) is 0.0875. The van der Waals surface area contributed by atoms with Gasteiger partial charge in [-0.1, -0.05) is 0 Å². The molecule has 1 aliphatic carbocycles. The lowest BCUT2D eigenvalue weighted by Crippen LogP contribution is -2.68. The topological polar surface area (TPSA) is 402 Å². The fraction of sp³-hybridized carbons (Fsp3) is 0.857. The normalized spacial score (nSPS) is 44.8. The number of phosphoric acid groups is 1. The van der Waals surface area contributed by atoms with Gasteiger partial charge in [-0.05, 0) is 13.3 Å². The van der Waals surface area contributed by atoms with Gasteiger partial charge in [-0.2, -0.15) is 0 Å². The Labute approximate surface area is 300 Å². The van der Waals surface area contributed by atoms with Gasteiger partial charge >= 0.3 is 13.5 Å². The third-order valence-electron chi connectivity index (χ3n) is 9.77. The molecule has 1 saturated carbocycles. The van der Waals surface area contributed by atoms with E-state index in [2.05, 4.69) is 4.98 Å². The molecular weight excluding hydrogens is 739 g/mol. The molecule has 4 heterocycles. The number of hydrogen-bond donors (Lipinski definition) is 13. The molecule has 304 valence electrons. The summed E-state index contributed by atoms with van der Waals surface area (Å²) in [6, 6.07) is -3.25. The second kappa shape index (κ2) is 17.1. The first-order valence-electron chi connectivity index (χ1n) is 16.8. The van der Waals surface area contributed by atoms with Crippen LogP contribution in [0.15, 0.2) is 15.8 Å². The van der Waals surface area contributed by atoms with Crippen LogP contribution >= 0.6 is 7.82 Å². The fourth-order valence-corrected chi connectivity index (χ4v) is 7.67. The average molecular weight is 789 g/mol. The molecule has 0 amide bonds. The van der Waals surface area contributed by atoms with E-state index in [9.17, 15) is 54.8 Å². The summed E-state index contributed by atoms with van der Waals surface area (Å²) >= 11 is 0. The summed E-state index contributed by atoms with van der Waals surface area (Å²) < 4.78 is 52.5. The van der Waals surface area contributed by atoms with Gasteiger partial charge in [0.15, 0.2) is 12.6 Å². The zero-order valence-electron chi connectivity index (χ0n) is 28.4. The number of rotatable bonds is 12. The largest absolute Gasteiger partial charge is 0.472 e. The number of phosphoric ester groups is 1. The molecule has 0 bridgehead atoms. The summed E-state index contributed by atoms with van der Waals surface area (Å²) in [5.74, 6) is 0. The van der Waals surface area contributed by atoms with Gasteiger partial charge in [0.25, 0.3) is 5.56 Å². The van der Waals surface area contributed by atoms with E-state index < -0.39 is 149 Å². The third kappa shape index (κ3) is 9.08. The zero-order chi connectivity index (χ0) is 39.1. The van der Waals surface area contributed by atoms with Crippen molar-refractivity contribution in [1.82, 2.24) is 9.55 Å². The molecule has 53 heavy (non-hydrogen) atoms. The predicted octanol–water partition coefficient (Wildman–Crippen LogP) is -7.64. The van der Waals surface area contributed by atoms with E-state index in [0.717, 1.165) is 4.57 Å².